The molecule has 0 fully saturated rings. The smallest absolute Gasteiger partial charge is 0.407 e. The van der Waals surface area contributed by atoms with Crippen LogP contribution < -0.4 is 11.1 Å². The molecule has 30 heavy (non-hydrogen) atoms. The van der Waals surface area contributed by atoms with Crippen LogP contribution in [0.1, 0.15) is 94.0 Å². The van der Waals surface area contributed by atoms with Crippen LogP contribution in [0.15, 0.2) is 24.3 Å². The van der Waals surface area contributed by atoms with Gasteiger partial charge in [-0.25, -0.2) is 4.79 Å². The fourth-order valence-corrected chi connectivity index (χ4v) is 3.18. The lowest BCUT2D eigenvalue weighted by atomic mass is 9.96. The molecule has 170 valence electrons. The van der Waals surface area contributed by atoms with Crippen molar-refractivity contribution in [1.29, 1.82) is 0 Å². The lowest BCUT2D eigenvalue weighted by Crippen LogP contribution is -2.31. The minimum atomic E-state index is -1.40. The van der Waals surface area contributed by atoms with E-state index in [2.05, 4.69) is 5.32 Å². The van der Waals surface area contributed by atoms with Crippen molar-refractivity contribution >= 4 is 11.9 Å². The summed E-state index contributed by atoms with van der Waals surface area (Å²) in [6, 6.07) is 6.73. The van der Waals surface area contributed by atoms with Crippen LogP contribution in [0.5, 0.6) is 0 Å². The average molecular weight is 421 g/mol. The standard InChI is InChI=1S/C24H40N2O4/c1-24(2,29)22(27)21-15-13-20(14-16-21)19-30-23(28)26-18-12-10-8-6-4-3-5-7-9-11-17-25/h13-16,29H,3-12,17-19,25H2,1-2H3,(H,26,28). The highest BCUT2D eigenvalue weighted by molar-refractivity contribution is 6.01. The van der Waals surface area contributed by atoms with Gasteiger partial charge in [-0.15, -0.1) is 0 Å². The van der Waals surface area contributed by atoms with Gasteiger partial charge in [-0.05, 0) is 38.8 Å². The first-order chi connectivity index (χ1) is 14.3. The topological polar surface area (TPSA) is 102 Å². The van der Waals surface area contributed by atoms with Crippen molar-refractivity contribution in [1.82, 2.24) is 5.32 Å². The van der Waals surface area contributed by atoms with E-state index in [4.69, 9.17) is 10.5 Å². The highest BCUT2D eigenvalue weighted by Gasteiger charge is 2.24. The van der Waals surface area contributed by atoms with Crippen molar-refractivity contribution in [3.8, 4) is 0 Å². The quantitative estimate of drug-likeness (QED) is 0.265. The number of ether oxygens (including phenoxy) is 1. The van der Waals surface area contributed by atoms with Gasteiger partial charge in [0.1, 0.15) is 12.2 Å². The number of nitrogens with two attached hydrogens (primary N) is 1. The van der Waals surface area contributed by atoms with Crippen molar-refractivity contribution in [3.05, 3.63) is 35.4 Å². The van der Waals surface area contributed by atoms with E-state index in [-0.39, 0.29) is 12.4 Å². The maximum absolute atomic E-state index is 12.0. The van der Waals surface area contributed by atoms with Crippen LogP contribution in [0.2, 0.25) is 0 Å². The minimum absolute atomic E-state index is 0.147. The second kappa shape index (κ2) is 15.0. The van der Waals surface area contributed by atoms with Gasteiger partial charge in [-0.3, -0.25) is 4.79 Å². The molecule has 1 aromatic carbocycles. The number of carbonyl (C=O) groups excluding carboxylic acids is 2. The number of carbonyl (C=O) groups is 2. The minimum Gasteiger partial charge on any atom is -0.445 e. The molecule has 0 atom stereocenters. The summed E-state index contributed by atoms with van der Waals surface area (Å²) in [5.74, 6) is -0.338. The molecule has 4 N–H and O–H groups in total. The largest absolute Gasteiger partial charge is 0.445 e. The summed E-state index contributed by atoms with van der Waals surface area (Å²) in [4.78, 5) is 23.8. The van der Waals surface area contributed by atoms with E-state index in [0.717, 1.165) is 31.4 Å². The number of amides is 1. The third kappa shape index (κ3) is 11.9. The highest BCUT2D eigenvalue weighted by Crippen LogP contribution is 2.14. The van der Waals surface area contributed by atoms with Crippen molar-refractivity contribution < 1.29 is 19.4 Å². The van der Waals surface area contributed by atoms with Crippen LogP contribution >= 0.6 is 0 Å². The van der Waals surface area contributed by atoms with E-state index in [1.807, 2.05) is 0 Å². The number of aliphatic hydroxyl groups is 1. The molecule has 0 aliphatic carbocycles. The fourth-order valence-electron chi connectivity index (χ4n) is 3.18. The maximum Gasteiger partial charge on any atom is 0.407 e. The lowest BCUT2D eigenvalue weighted by Gasteiger charge is -2.15. The number of nitrogens with one attached hydrogen (secondary N) is 1. The number of unbranched alkanes of at least 4 members (excludes halogenated alkanes) is 9. The van der Waals surface area contributed by atoms with Gasteiger partial charge in [0, 0.05) is 12.1 Å². The second-order valence-corrected chi connectivity index (χ2v) is 8.41. The Balaban J connectivity index is 2.04. The summed E-state index contributed by atoms with van der Waals surface area (Å²) < 4.78 is 5.20. The van der Waals surface area contributed by atoms with Crippen LogP contribution in [0, 0.1) is 0 Å². The number of benzene rings is 1. The zero-order valence-corrected chi connectivity index (χ0v) is 18.8. The molecule has 0 unspecified atom stereocenters. The Morgan fingerprint density at radius 2 is 1.40 bits per heavy atom. The molecule has 0 aromatic heterocycles. The van der Waals surface area contributed by atoms with Crippen LogP contribution in [-0.2, 0) is 11.3 Å². The third-order valence-electron chi connectivity index (χ3n) is 5.04. The van der Waals surface area contributed by atoms with E-state index in [1.165, 1.54) is 58.8 Å². The molecule has 0 aliphatic rings. The molecule has 0 heterocycles. The number of rotatable bonds is 16. The monoisotopic (exact) mass is 420 g/mol. The Morgan fingerprint density at radius 1 is 0.900 bits per heavy atom. The van der Waals surface area contributed by atoms with Gasteiger partial charge in [-0.1, -0.05) is 75.6 Å². The first kappa shape index (κ1) is 26.1. The Hall–Kier alpha value is -1.92. The zero-order chi connectivity index (χ0) is 22.2. The van der Waals surface area contributed by atoms with Crippen LogP contribution in [0.4, 0.5) is 4.79 Å². The summed E-state index contributed by atoms with van der Waals surface area (Å²) in [7, 11) is 0. The lowest BCUT2D eigenvalue weighted by molar-refractivity contribution is 0.0488. The molecule has 1 rings (SSSR count). The summed E-state index contributed by atoms with van der Waals surface area (Å²) in [5, 5.41) is 12.5. The molecule has 0 bridgehead atoms. The van der Waals surface area contributed by atoms with Gasteiger partial charge in [-0.2, -0.15) is 0 Å². The Kier molecular flexibility index (Phi) is 13.0. The predicted octanol–water partition coefficient (Wildman–Crippen LogP) is 4.73. The van der Waals surface area contributed by atoms with Gasteiger partial charge in [0.15, 0.2) is 5.78 Å². The van der Waals surface area contributed by atoms with E-state index < -0.39 is 11.7 Å². The molecule has 0 spiro atoms. The Morgan fingerprint density at radius 3 is 1.90 bits per heavy atom. The molecular weight excluding hydrogens is 380 g/mol. The zero-order valence-electron chi connectivity index (χ0n) is 18.8. The van der Waals surface area contributed by atoms with E-state index in [1.54, 1.807) is 24.3 Å². The SMILES string of the molecule is CC(C)(O)C(=O)c1ccc(COC(=O)NCCCCCCCCCCCCN)cc1. The van der Waals surface area contributed by atoms with Gasteiger partial charge in [0.25, 0.3) is 0 Å². The maximum atomic E-state index is 12.0. The van der Waals surface area contributed by atoms with E-state index in [9.17, 15) is 14.7 Å². The number of alkyl carbamates (subject to hydrolysis) is 1. The number of ketones is 1. The average Bonchev–Trinajstić information content (AvgIpc) is 2.72. The third-order valence-corrected chi connectivity index (χ3v) is 5.04. The van der Waals surface area contributed by atoms with Crippen LogP contribution in [-0.4, -0.2) is 35.7 Å². The first-order valence-electron chi connectivity index (χ1n) is 11.3. The van der Waals surface area contributed by atoms with Crippen molar-refractivity contribution in [3.63, 3.8) is 0 Å². The first-order valence-corrected chi connectivity index (χ1v) is 11.3. The molecule has 1 aromatic rings. The molecule has 0 saturated carbocycles. The van der Waals surface area contributed by atoms with Gasteiger partial charge < -0.3 is 20.9 Å². The molecule has 1 amide bonds. The van der Waals surface area contributed by atoms with Gasteiger partial charge >= 0.3 is 6.09 Å². The van der Waals surface area contributed by atoms with Crippen molar-refractivity contribution in [2.45, 2.75) is 90.3 Å². The Labute approximate surface area is 181 Å². The second-order valence-electron chi connectivity index (χ2n) is 8.41. The predicted molar refractivity (Wildman–Crippen MR) is 120 cm³/mol. The normalized spacial score (nSPS) is 11.3. The molecule has 6 nitrogen and oxygen atoms in total. The van der Waals surface area contributed by atoms with E-state index >= 15 is 0 Å². The summed E-state index contributed by atoms with van der Waals surface area (Å²) >= 11 is 0. The highest BCUT2D eigenvalue weighted by atomic mass is 16.5. The van der Waals surface area contributed by atoms with Crippen molar-refractivity contribution in [2.24, 2.45) is 5.73 Å². The Bertz CT molecular complexity index is 609. The van der Waals surface area contributed by atoms with E-state index in [0.29, 0.717) is 12.1 Å². The summed E-state index contributed by atoms with van der Waals surface area (Å²) in [5.41, 5.74) is 5.31. The van der Waals surface area contributed by atoms with Gasteiger partial charge in [0.05, 0.1) is 0 Å². The van der Waals surface area contributed by atoms with Crippen LogP contribution in [0.3, 0.4) is 0 Å². The number of Topliss-reactive ketones (excluding diaryl/α,β-unsaturated/α-hetero) is 1. The van der Waals surface area contributed by atoms with Gasteiger partial charge in [0.2, 0.25) is 0 Å². The van der Waals surface area contributed by atoms with Crippen molar-refractivity contribution in [2.75, 3.05) is 13.1 Å². The number of hydrogen-bond acceptors (Lipinski definition) is 5. The summed E-state index contributed by atoms with van der Waals surface area (Å²) in [6.07, 6.45) is 11.7. The molecule has 0 radical (unpaired) electrons. The van der Waals surface area contributed by atoms with Crippen LogP contribution in [0.25, 0.3) is 0 Å². The fraction of sp³-hybridized carbons (Fsp3) is 0.667. The molecular formula is C24H40N2O4. The molecule has 0 aliphatic heterocycles. The molecule has 0 saturated heterocycles. The number of hydrogen-bond donors (Lipinski definition) is 3. The summed E-state index contributed by atoms with van der Waals surface area (Å²) in [6.45, 7) is 4.50. The molecule has 6 heteroatoms.